The third-order valence-corrected chi connectivity index (χ3v) is 5.09. The fraction of sp³-hybridized carbons (Fsp3) is 0.333. The highest BCUT2D eigenvalue weighted by Crippen LogP contribution is 2.21. The lowest BCUT2D eigenvalue weighted by atomic mass is 9.97. The van der Waals surface area contributed by atoms with E-state index in [-0.39, 0.29) is 11.5 Å². The normalized spacial score (nSPS) is 16.9. The van der Waals surface area contributed by atoms with E-state index in [0.717, 1.165) is 30.6 Å². The fourth-order valence-corrected chi connectivity index (χ4v) is 3.78. The summed E-state index contributed by atoms with van der Waals surface area (Å²) in [4.78, 5) is 29.0. The van der Waals surface area contributed by atoms with Crippen molar-refractivity contribution >= 4 is 5.91 Å². The minimum atomic E-state index is -0.243. The first kappa shape index (κ1) is 18.2. The predicted octanol–water partition coefficient (Wildman–Crippen LogP) is 2.49. The summed E-state index contributed by atoms with van der Waals surface area (Å²) < 4.78 is 1.86. The highest BCUT2D eigenvalue weighted by atomic mass is 16.2. The van der Waals surface area contributed by atoms with Crippen molar-refractivity contribution in [2.24, 2.45) is 5.92 Å². The van der Waals surface area contributed by atoms with Gasteiger partial charge >= 0.3 is 0 Å². The van der Waals surface area contributed by atoms with E-state index in [2.05, 4.69) is 15.3 Å². The van der Waals surface area contributed by atoms with Gasteiger partial charge in [-0.1, -0.05) is 35.5 Å². The first-order chi connectivity index (χ1) is 13.6. The van der Waals surface area contributed by atoms with Crippen LogP contribution >= 0.6 is 0 Å². The van der Waals surface area contributed by atoms with Gasteiger partial charge in [0.1, 0.15) is 5.69 Å². The zero-order valence-corrected chi connectivity index (χ0v) is 15.8. The molecule has 1 aromatic carbocycles. The van der Waals surface area contributed by atoms with Gasteiger partial charge in [-0.3, -0.25) is 14.3 Å². The lowest BCUT2D eigenvalue weighted by molar-refractivity contribution is 0.0659. The zero-order valence-electron chi connectivity index (χ0n) is 15.8. The Hall–Kier alpha value is -3.22. The van der Waals surface area contributed by atoms with Crippen LogP contribution in [0.3, 0.4) is 0 Å². The van der Waals surface area contributed by atoms with Gasteiger partial charge in [0.05, 0.1) is 6.20 Å². The molecule has 3 aromatic rings. The number of carbonyl (C=O) groups is 1. The molecule has 1 saturated heterocycles. The van der Waals surface area contributed by atoms with Crippen LogP contribution in [-0.4, -0.2) is 43.9 Å². The van der Waals surface area contributed by atoms with Crippen molar-refractivity contribution < 1.29 is 4.79 Å². The summed E-state index contributed by atoms with van der Waals surface area (Å²) in [6.45, 7) is 3.88. The Morgan fingerprint density at radius 3 is 2.86 bits per heavy atom. The number of benzene rings is 1. The molecule has 1 amide bonds. The van der Waals surface area contributed by atoms with Crippen molar-refractivity contribution in [3.63, 3.8) is 0 Å². The van der Waals surface area contributed by atoms with Crippen LogP contribution in [0.4, 0.5) is 0 Å². The van der Waals surface area contributed by atoms with Gasteiger partial charge in [0.25, 0.3) is 5.91 Å². The molecule has 1 aliphatic heterocycles. The number of pyridine rings is 1. The van der Waals surface area contributed by atoms with E-state index < -0.39 is 0 Å². The van der Waals surface area contributed by atoms with Gasteiger partial charge in [-0.2, -0.15) is 0 Å². The van der Waals surface area contributed by atoms with E-state index in [1.165, 1.54) is 6.07 Å². The number of hydrogen-bond acceptors (Lipinski definition) is 4. The molecule has 0 spiro atoms. The van der Waals surface area contributed by atoms with Gasteiger partial charge in [-0.25, -0.2) is 0 Å². The third-order valence-electron chi connectivity index (χ3n) is 5.09. The SMILES string of the molecule is Cc1cc(C(=O)N2CCCC(Cn3cc(-c4ccccc4)nn3)C2)cc(=O)[nH]1. The second-order valence-corrected chi connectivity index (χ2v) is 7.37. The average Bonchev–Trinajstić information content (AvgIpc) is 3.16. The van der Waals surface area contributed by atoms with Gasteiger partial charge < -0.3 is 9.88 Å². The molecule has 1 atom stereocenters. The molecule has 144 valence electrons. The van der Waals surface area contributed by atoms with Crippen LogP contribution in [0.15, 0.2) is 53.5 Å². The second kappa shape index (κ2) is 7.80. The molecule has 2 aromatic heterocycles. The Morgan fingerprint density at radius 2 is 2.07 bits per heavy atom. The number of rotatable bonds is 4. The van der Waals surface area contributed by atoms with Crippen LogP contribution in [0.1, 0.15) is 28.9 Å². The summed E-state index contributed by atoms with van der Waals surface area (Å²) in [7, 11) is 0. The number of nitrogens with zero attached hydrogens (tertiary/aromatic N) is 4. The molecule has 1 unspecified atom stereocenters. The van der Waals surface area contributed by atoms with Gasteiger partial charge in [-0.15, -0.1) is 5.10 Å². The predicted molar refractivity (Wildman–Crippen MR) is 106 cm³/mol. The molecule has 7 heteroatoms. The van der Waals surface area contributed by atoms with Crippen molar-refractivity contribution in [3.05, 3.63) is 70.3 Å². The first-order valence-corrected chi connectivity index (χ1v) is 9.54. The number of aromatic nitrogens is 4. The van der Waals surface area contributed by atoms with Gasteiger partial charge in [0.2, 0.25) is 5.56 Å². The van der Waals surface area contributed by atoms with Crippen LogP contribution in [0.25, 0.3) is 11.3 Å². The number of amides is 1. The van der Waals surface area contributed by atoms with Crippen LogP contribution in [0.5, 0.6) is 0 Å². The van der Waals surface area contributed by atoms with Crippen LogP contribution in [0, 0.1) is 12.8 Å². The van der Waals surface area contributed by atoms with Crippen LogP contribution in [-0.2, 0) is 6.54 Å². The topological polar surface area (TPSA) is 83.9 Å². The number of aryl methyl sites for hydroxylation is 1. The van der Waals surface area contributed by atoms with Crippen molar-refractivity contribution in [1.82, 2.24) is 24.9 Å². The van der Waals surface area contributed by atoms with E-state index in [1.807, 2.05) is 46.1 Å². The molecule has 0 radical (unpaired) electrons. The molecule has 7 nitrogen and oxygen atoms in total. The summed E-state index contributed by atoms with van der Waals surface area (Å²) in [5.41, 5.74) is 2.80. The Labute approximate surface area is 163 Å². The summed E-state index contributed by atoms with van der Waals surface area (Å²) in [6, 6.07) is 13.1. The molecule has 3 heterocycles. The van der Waals surface area contributed by atoms with Gasteiger partial charge in [0, 0.05) is 42.5 Å². The van der Waals surface area contributed by atoms with E-state index in [9.17, 15) is 9.59 Å². The number of nitrogens with one attached hydrogen (secondary N) is 1. The molecule has 0 saturated carbocycles. The molecule has 0 bridgehead atoms. The highest BCUT2D eigenvalue weighted by molar-refractivity contribution is 5.94. The Balaban J connectivity index is 1.43. The second-order valence-electron chi connectivity index (χ2n) is 7.37. The van der Waals surface area contributed by atoms with Gasteiger partial charge in [-0.05, 0) is 31.7 Å². The average molecular weight is 377 g/mol. The van der Waals surface area contributed by atoms with Crippen molar-refractivity contribution in [2.75, 3.05) is 13.1 Å². The Bertz CT molecular complexity index is 1020. The Kier molecular flexibility index (Phi) is 5.06. The molecule has 1 aliphatic rings. The van der Waals surface area contributed by atoms with E-state index in [4.69, 9.17) is 0 Å². The number of H-pyrrole nitrogens is 1. The minimum absolute atomic E-state index is 0.0811. The highest BCUT2D eigenvalue weighted by Gasteiger charge is 2.25. The molecular formula is C21H23N5O2. The smallest absolute Gasteiger partial charge is 0.254 e. The lowest BCUT2D eigenvalue weighted by Gasteiger charge is -2.32. The number of piperidine rings is 1. The maximum atomic E-state index is 12.8. The molecule has 4 rings (SSSR count). The zero-order chi connectivity index (χ0) is 19.5. The molecule has 1 N–H and O–H groups in total. The Morgan fingerprint density at radius 1 is 1.25 bits per heavy atom. The lowest BCUT2D eigenvalue weighted by Crippen LogP contribution is -2.41. The number of likely N-dealkylation sites (tertiary alicyclic amines) is 1. The summed E-state index contributed by atoms with van der Waals surface area (Å²) >= 11 is 0. The fourth-order valence-electron chi connectivity index (χ4n) is 3.78. The minimum Gasteiger partial charge on any atom is -0.338 e. The number of aromatic amines is 1. The first-order valence-electron chi connectivity index (χ1n) is 9.54. The van der Waals surface area contributed by atoms with E-state index >= 15 is 0 Å². The number of carbonyl (C=O) groups excluding carboxylic acids is 1. The van der Waals surface area contributed by atoms with Crippen LogP contribution in [0.2, 0.25) is 0 Å². The summed E-state index contributed by atoms with van der Waals surface area (Å²) in [5, 5.41) is 8.52. The van der Waals surface area contributed by atoms with E-state index in [0.29, 0.717) is 30.3 Å². The maximum Gasteiger partial charge on any atom is 0.254 e. The number of hydrogen-bond donors (Lipinski definition) is 1. The summed E-state index contributed by atoms with van der Waals surface area (Å²) in [6.07, 6.45) is 3.94. The molecule has 0 aliphatic carbocycles. The molecular weight excluding hydrogens is 354 g/mol. The van der Waals surface area contributed by atoms with Gasteiger partial charge in [0.15, 0.2) is 0 Å². The third kappa shape index (κ3) is 4.03. The molecule has 28 heavy (non-hydrogen) atoms. The molecule has 1 fully saturated rings. The van der Waals surface area contributed by atoms with Crippen molar-refractivity contribution in [1.29, 1.82) is 0 Å². The largest absolute Gasteiger partial charge is 0.338 e. The summed E-state index contributed by atoms with van der Waals surface area (Å²) in [5.74, 6) is 0.230. The quantitative estimate of drug-likeness (QED) is 0.757. The van der Waals surface area contributed by atoms with Crippen LogP contribution < -0.4 is 5.56 Å². The maximum absolute atomic E-state index is 12.8. The van der Waals surface area contributed by atoms with Crippen molar-refractivity contribution in [3.8, 4) is 11.3 Å². The monoisotopic (exact) mass is 377 g/mol. The van der Waals surface area contributed by atoms with Crippen molar-refractivity contribution in [2.45, 2.75) is 26.3 Å². The standard InChI is InChI=1S/C21H23N5O2/c1-15-10-18(11-20(27)22-15)21(28)25-9-5-6-16(12-25)13-26-14-19(23-24-26)17-7-3-2-4-8-17/h2-4,7-8,10-11,14,16H,5-6,9,12-13H2,1H3,(H,22,27). The van der Waals surface area contributed by atoms with E-state index in [1.54, 1.807) is 13.0 Å².